The highest BCUT2D eigenvalue weighted by atomic mass is 31.2. The van der Waals surface area contributed by atoms with E-state index in [2.05, 4.69) is 99.0 Å². The van der Waals surface area contributed by atoms with Crippen molar-refractivity contribution in [3.8, 4) is 0 Å². The molecule has 2 N–H and O–H groups in total. The predicted octanol–water partition coefficient (Wildman–Crippen LogP) is 21.7. The second kappa shape index (κ2) is 61.3. The van der Waals surface area contributed by atoms with E-state index in [1.807, 2.05) is 33.3 Å². The lowest BCUT2D eigenvalue weighted by Crippen LogP contribution is -2.47. The zero-order chi connectivity index (χ0) is 60.0. The number of phosphoric ester groups is 1. The van der Waals surface area contributed by atoms with Gasteiger partial charge in [0.2, 0.25) is 5.91 Å². The van der Waals surface area contributed by atoms with Gasteiger partial charge >= 0.3 is 13.8 Å². The number of unbranched alkanes of at least 4 members (excludes halogenated alkanes) is 34. The molecule has 0 heterocycles. The first-order valence-electron chi connectivity index (χ1n) is 34.4. The first kappa shape index (κ1) is 79.2. The van der Waals surface area contributed by atoms with Crippen molar-refractivity contribution >= 4 is 19.7 Å². The summed E-state index contributed by atoms with van der Waals surface area (Å²) in [6, 6.07) is -0.860. The van der Waals surface area contributed by atoms with E-state index in [0.717, 1.165) is 96.3 Å². The topological polar surface area (TPSA) is 111 Å². The molecule has 0 aliphatic rings. The predicted molar refractivity (Wildman–Crippen MR) is 355 cm³/mol. The van der Waals surface area contributed by atoms with Gasteiger partial charge in [-0.2, -0.15) is 0 Å². The van der Waals surface area contributed by atoms with Crippen molar-refractivity contribution in [2.24, 2.45) is 0 Å². The van der Waals surface area contributed by atoms with Crippen molar-refractivity contribution < 1.29 is 37.3 Å². The molecule has 0 saturated heterocycles. The van der Waals surface area contributed by atoms with Crippen molar-refractivity contribution in [2.75, 3.05) is 40.9 Å². The lowest BCUT2D eigenvalue weighted by atomic mass is 10.0. The molecule has 0 aromatic heterocycles. The number of ether oxygens (including phenoxy) is 1. The van der Waals surface area contributed by atoms with Crippen molar-refractivity contribution in [1.82, 2.24) is 5.32 Å². The Morgan fingerprint density at radius 1 is 0.427 bits per heavy atom. The van der Waals surface area contributed by atoms with Crippen molar-refractivity contribution in [3.63, 3.8) is 0 Å². The number of carbonyl (C=O) groups is 2. The summed E-state index contributed by atoms with van der Waals surface area (Å²) in [5.41, 5.74) is 0. The van der Waals surface area contributed by atoms with E-state index in [9.17, 15) is 19.0 Å². The van der Waals surface area contributed by atoms with Crippen LogP contribution in [0.15, 0.2) is 85.1 Å². The van der Waals surface area contributed by atoms with E-state index in [1.165, 1.54) is 180 Å². The number of amides is 1. The Bertz CT molecular complexity index is 1680. The molecule has 3 atom stereocenters. The number of nitrogens with one attached hydrogen (secondary N) is 1. The third-order valence-electron chi connectivity index (χ3n) is 15.1. The quantitative estimate of drug-likeness (QED) is 0.0205. The number of quaternary nitrogens is 1. The number of rotatable bonds is 62. The van der Waals surface area contributed by atoms with Crippen LogP contribution in [-0.4, -0.2) is 74.3 Å². The van der Waals surface area contributed by atoms with Crippen LogP contribution in [0.3, 0.4) is 0 Å². The van der Waals surface area contributed by atoms with Crippen LogP contribution in [0, 0.1) is 0 Å². The Hall–Kier alpha value is -2.81. The van der Waals surface area contributed by atoms with Gasteiger partial charge in [-0.3, -0.25) is 18.6 Å². The number of esters is 1. The summed E-state index contributed by atoms with van der Waals surface area (Å²) in [6.45, 7) is 6.97. The number of hydrogen-bond acceptors (Lipinski definition) is 6. The molecule has 9 nitrogen and oxygen atoms in total. The van der Waals surface area contributed by atoms with Gasteiger partial charge in [0, 0.05) is 12.8 Å². The van der Waals surface area contributed by atoms with Gasteiger partial charge in [-0.15, -0.1) is 0 Å². The first-order chi connectivity index (χ1) is 39.9. The molecule has 0 radical (unpaired) electrons. The molecule has 0 aliphatic heterocycles. The first-order valence-corrected chi connectivity index (χ1v) is 35.9. The third kappa shape index (κ3) is 61.7. The Kier molecular flexibility index (Phi) is 59.2. The maximum Gasteiger partial charge on any atom is 0.472 e. The maximum absolute atomic E-state index is 13.6. The van der Waals surface area contributed by atoms with Gasteiger partial charge in [-0.25, -0.2) is 4.57 Å². The van der Waals surface area contributed by atoms with Crippen LogP contribution in [0.4, 0.5) is 0 Å². The van der Waals surface area contributed by atoms with E-state index in [4.69, 9.17) is 13.8 Å². The fourth-order valence-corrected chi connectivity index (χ4v) is 10.5. The van der Waals surface area contributed by atoms with Crippen LogP contribution in [0.2, 0.25) is 0 Å². The van der Waals surface area contributed by atoms with Gasteiger partial charge < -0.3 is 19.4 Å². The van der Waals surface area contributed by atoms with Crippen LogP contribution >= 0.6 is 7.82 Å². The molecule has 10 heteroatoms. The number of allylic oxidation sites excluding steroid dienone is 13. The number of likely N-dealkylation sites (N-methyl/N-ethyl adjacent to an activating group) is 1. The normalized spacial score (nSPS) is 14.1. The number of hydrogen-bond donors (Lipinski definition) is 2. The number of nitrogens with zero attached hydrogens (tertiary/aromatic N) is 1. The molecule has 0 fully saturated rings. The zero-order valence-electron chi connectivity index (χ0n) is 54.5. The van der Waals surface area contributed by atoms with E-state index in [-0.39, 0.29) is 31.5 Å². The molecule has 82 heavy (non-hydrogen) atoms. The van der Waals surface area contributed by atoms with Crippen LogP contribution in [0.1, 0.15) is 310 Å². The summed E-state index contributed by atoms with van der Waals surface area (Å²) in [5.74, 6) is -0.515. The SMILES string of the molecule is CCCCC/C=C\C/C=C\C/C=C\C/C=C\CCCCCCCCCC(=O)NC(COP(=O)(O)OCC[N+](C)(C)C)C(/C=C/CCCCCCCCCCCC)OC(=O)CCCCCCCCCCCCC/C=C\C/C=C\CCCCC. The van der Waals surface area contributed by atoms with E-state index < -0.39 is 20.0 Å². The molecule has 0 bridgehead atoms. The highest BCUT2D eigenvalue weighted by molar-refractivity contribution is 7.47. The van der Waals surface area contributed by atoms with Crippen LogP contribution in [-0.2, 0) is 27.9 Å². The summed E-state index contributed by atoms with van der Waals surface area (Å²) in [6.07, 6.45) is 81.5. The molecule has 0 aromatic rings. The summed E-state index contributed by atoms with van der Waals surface area (Å²) in [4.78, 5) is 37.9. The highest BCUT2D eigenvalue weighted by Gasteiger charge is 2.30. The zero-order valence-corrected chi connectivity index (χ0v) is 55.4. The molecule has 0 spiro atoms. The monoisotopic (exact) mass is 1170 g/mol. The molecular weight excluding hydrogens is 1040 g/mol. The smallest absolute Gasteiger partial charge is 0.456 e. The molecule has 0 aliphatic carbocycles. The fourth-order valence-electron chi connectivity index (χ4n) is 9.72. The minimum Gasteiger partial charge on any atom is -0.456 e. The minimum absolute atomic E-state index is 0.0348. The molecular formula is C72H132N2O7P+. The van der Waals surface area contributed by atoms with Gasteiger partial charge in [0.15, 0.2) is 0 Å². The number of carbonyl (C=O) groups excluding carboxylic acids is 2. The van der Waals surface area contributed by atoms with Gasteiger partial charge in [0.1, 0.15) is 19.3 Å². The van der Waals surface area contributed by atoms with Gasteiger partial charge in [0.25, 0.3) is 0 Å². The summed E-state index contributed by atoms with van der Waals surface area (Å²) >= 11 is 0. The van der Waals surface area contributed by atoms with Gasteiger partial charge in [0.05, 0.1) is 33.8 Å². The fraction of sp³-hybridized carbons (Fsp3) is 0.778. The standard InChI is InChI=1S/C72H131N2O7P/c1-7-10-13-16-19-22-25-28-30-32-34-36-37-39-40-42-44-46-49-52-55-58-61-64-71(75)73-69(68-80-82(77,78)79-67-66-74(4,5)6)70(63-60-57-54-51-48-27-24-21-18-15-12-9-3)81-72(76)65-62-59-56-53-50-47-45-43-41-38-35-33-31-29-26-23-20-17-14-11-8-2/h19-20,22-23,28-31,34,36,39-40,60,63,69-70H,7-18,21,24-27,32-33,35,37-38,41-59,61-62,64-68H2,1-6H3,(H-,73,75,77,78)/p+1/b22-19-,23-20-,30-28-,31-29-,36-34-,40-39-,63-60+. The average Bonchev–Trinajstić information content (AvgIpc) is 3.47. The summed E-state index contributed by atoms with van der Waals surface area (Å²) in [5, 5.41) is 3.06. The second-order valence-corrected chi connectivity index (χ2v) is 25.8. The largest absolute Gasteiger partial charge is 0.472 e. The Balaban J connectivity index is 5.16. The van der Waals surface area contributed by atoms with Crippen molar-refractivity contribution in [3.05, 3.63) is 85.1 Å². The third-order valence-corrected chi connectivity index (χ3v) is 16.0. The lowest BCUT2D eigenvalue weighted by Gasteiger charge is -2.27. The van der Waals surface area contributed by atoms with Crippen molar-refractivity contribution in [2.45, 2.75) is 322 Å². The molecule has 0 saturated carbocycles. The Labute approximate surface area is 507 Å². The molecule has 3 unspecified atom stereocenters. The average molecular weight is 1170 g/mol. The van der Waals surface area contributed by atoms with Crippen LogP contribution < -0.4 is 5.32 Å². The van der Waals surface area contributed by atoms with Crippen LogP contribution in [0.5, 0.6) is 0 Å². The molecule has 0 aromatic carbocycles. The molecule has 0 rings (SSSR count). The van der Waals surface area contributed by atoms with Gasteiger partial charge in [-0.05, 0) is 109 Å². The van der Waals surface area contributed by atoms with Crippen molar-refractivity contribution in [1.29, 1.82) is 0 Å². The molecule has 476 valence electrons. The Morgan fingerprint density at radius 2 is 0.744 bits per heavy atom. The second-order valence-electron chi connectivity index (χ2n) is 24.3. The van der Waals surface area contributed by atoms with Crippen LogP contribution in [0.25, 0.3) is 0 Å². The minimum atomic E-state index is -4.46. The van der Waals surface area contributed by atoms with E-state index in [1.54, 1.807) is 0 Å². The van der Waals surface area contributed by atoms with E-state index in [0.29, 0.717) is 17.4 Å². The number of phosphoric acid groups is 1. The Morgan fingerprint density at radius 3 is 1.13 bits per heavy atom. The molecule has 1 amide bonds. The lowest BCUT2D eigenvalue weighted by molar-refractivity contribution is -0.870. The van der Waals surface area contributed by atoms with Gasteiger partial charge in [-0.1, -0.05) is 273 Å². The highest BCUT2D eigenvalue weighted by Crippen LogP contribution is 2.43. The summed E-state index contributed by atoms with van der Waals surface area (Å²) in [7, 11) is 1.48. The van der Waals surface area contributed by atoms with E-state index >= 15 is 0 Å². The maximum atomic E-state index is 13.6. The summed E-state index contributed by atoms with van der Waals surface area (Å²) < 4.78 is 30.8.